The van der Waals surface area contributed by atoms with E-state index in [1.54, 1.807) is 69.0 Å². The molecule has 0 N–H and O–H groups in total. The number of aromatic nitrogens is 1. The first-order valence-electron chi connectivity index (χ1n) is 10.3. The third-order valence-corrected chi connectivity index (χ3v) is 4.94. The molecule has 0 spiro atoms. The molecule has 1 heterocycles. The summed E-state index contributed by atoms with van der Waals surface area (Å²) in [6.45, 7) is 1.86. The van der Waals surface area contributed by atoms with Gasteiger partial charge in [-0.25, -0.2) is 4.98 Å². The van der Waals surface area contributed by atoms with E-state index in [2.05, 4.69) is 4.98 Å². The van der Waals surface area contributed by atoms with E-state index in [9.17, 15) is 4.79 Å². The lowest BCUT2D eigenvalue weighted by Crippen LogP contribution is -2.03. The van der Waals surface area contributed by atoms with Crippen LogP contribution in [0.1, 0.15) is 28.7 Å². The predicted octanol–water partition coefficient (Wildman–Crippen LogP) is 6.18. The van der Waals surface area contributed by atoms with Gasteiger partial charge in [-0.1, -0.05) is 24.3 Å². The van der Waals surface area contributed by atoms with Gasteiger partial charge in [0.05, 0.1) is 26.1 Å². The van der Waals surface area contributed by atoms with E-state index in [1.165, 1.54) is 0 Å². The van der Waals surface area contributed by atoms with Crippen molar-refractivity contribution in [2.24, 2.45) is 0 Å². The lowest BCUT2D eigenvalue weighted by atomic mass is 10.0. The second-order valence-corrected chi connectivity index (χ2v) is 7.10. The first-order chi connectivity index (χ1) is 16.1. The van der Waals surface area contributed by atoms with Gasteiger partial charge in [0, 0.05) is 5.56 Å². The number of allylic oxidation sites excluding steroid dienone is 2. The smallest absolute Gasteiger partial charge is 0.231 e. The summed E-state index contributed by atoms with van der Waals surface area (Å²) < 4.78 is 22.1. The minimum Gasteiger partial charge on any atom is -0.493 e. The molecule has 0 fully saturated rings. The van der Waals surface area contributed by atoms with Crippen molar-refractivity contribution in [2.75, 3.05) is 14.2 Å². The molecule has 4 aromatic rings. The molecular weight excluding hydrogens is 418 g/mol. The molecule has 0 aliphatic heterocycles. The molecule has 0 aliphatic carbocycles. The summed E-state index contributed by atoms with van der Waals surface area (Å²) in [4.78, 5) is 18.1. The van der Waals surface area contributed by atoms with Gasteiger partial charge in [0.15, 0.2) is 22.9 Å². The second-order valence-electron chi connectivity index (χ2n) is 7.10. The van der Waals surface area contributed by atoms with Gasteiger partial charge < -0.3 is 18.6 Å². The van der Waals surface area contributed by atoms with Crippen molar-refractivity contribution in [1.29, 1.82) is 0 Å². The van der Waals surface area contributed by atoms with Crippen molar-refractivity contribution < 1.29 is 23.4 Å². The summed E-state index contributed by atoms with van der Waals surface area (Å²) in [5.74, 6) is 1.80. The first kappa shape index (κ1) is 21.9. The summed E-state index contributed by atoms with van der Waals surface area (Å²) in [5.41, 5.74) is 2.82. The van der Waals surface area contributed by atoms with Crippen LogP contribution in [0.2, 0.25) is 0 Å². The number of carbonyl (C=O) groups is 1. The van der Waals surface area contributed by atoms with E-state index in [-0.39, 0.29) is 11.7 Å². The summed E-state index contributed by atoms with van der Waals surface area (Å²) in [5, 5.41) is 0. The average Bonchev–Trinajstić information content (AvgIpc) is 3.29. The van der Waals surface area contributed by atoms with Crippen molar-refractivity contribution in [3.05, 3.63) is 96.1 Å². The highest BCUT2D eigenvalue weighted by atomic mass is 16.5. The van der Waals surface area contributed by atoms with Crippen LogP contribution in [0.3, 0.4) is 0 Å². The maximum atomic E-state index is 13.6. The Bertz CT molecular complexity index is 1300. The Balaban J connectivity index is 1.79. The SMILES string of the molecule is C/C=C/Oc1ccc(C(=O)/C(=C/c2ccc(OC)c(OC)c2)c2nc3ccccc3o2)cc1. The molecule has 3 aromatic carbocycles. The highest BCUT2D eigenvalue weighted by Crippen LogP contribution is 2.31. The summed E-state index contributed by atoms with van der Waals surface area (Å²) in [6.07, 6.45) is 5.10. The molecule has 6 nitrogen and oxygen atoms in total. The zero-order valence-electron chi connectivity index (χ0n) is 18.6. The Morgan fingerprint density at radius 3 is 2.39 bits per heavy atom. The maximum absolute atomic E-state index is 13.6. The van der Waals surface area contributed by atoms with Gasteiger partial charge in [-0.05, 0) is 67.1 Å². The molecule has 0 saturated carbocycles. The number of fused-ring (bicyclic) bond motifs is 1. The number of para-hydroxylation sites is 2. The molecule has 4 rings (SSSR count). The van der Waals surface area contributed by atoms with E-state index in [0.29, 0.717) is 39.5 Å². The van der Waals surface area contributed by atoms with Crippen LogP contribution in [0.4, 0.5) is 0 Å². The first-order valence-corrected chi connectivity index (χ1v) is 10.3. The number of hydrogen-bond acceptors (Lipinski definition) is 6. The van der Waals surface area contributed by atoms with E-state index >= 15 is 0 Å². The van der Waals surface area contributed by atoms with E-state index in [0.717, 1.165) is 5.56 Å². The molecule has 166 valence electrons. The van der Waals surface area contributed by atoms with Crippen molar-refractivity contribution in [2.45, 2.75) is 6.92 Å². The molecule has 1 aromatic heterocycles. The fourth-order valence-corrected chi connectivity index (χ4v) is 3.31. The molecule has 0 aliphatic rings. The molecule has 0 unspecified atom stereocenters. The van der Waals surface area contributed by atoms with Crippen LogP contribution < -0.4 is 14.2 Å². The molecule has 6 heteroatoms. The predicted molar refractivity (Wildman–Crippen MR) is 128 cm³/mol. The Hall–Kier alpha value is -4.32. The van der Waals surface area contributed by atoms with Gasteiger partial charge in [-0.2, -0.15) is 0 Å². The number of benzene rings is 3. The Morgan fingerprint density at radius 1 is 0.939 bits per heavy atom. The van der Waals surface area contributed by atoms with Gasteiger partial charge in [0.2, 0.25) is 5.89 Å². The van der Waals surface area contributed by atoms with Crippen LogP contribution in [0.15, 0.2) is 83.5 Å². The van der Waals surface area contributed by atoms with E-state index in [4.69, 9.17) is 18.6 Å². The summed E-state index contributed by atoms with van der Waals surface area (Å²) >= 11 is 0. The highest BCUT2D eigenvalue weighted by molar-refractivity contribution is 6.31. The highest BCUT2D eigenvalue weighted by Gasteiger charge is 2.21. The zero-order valence-corrected chi connectivity index (χ0v) is 18.6. The fraction of sp³-hybridized carbons (Fsp3) is 0.111. The molecule has 33 heavy (non-hydrogen) atoms. The van der Waals surface area contributed by atoms with Crippen LogP contribution in [0.5, 0.6) is 17.2 Å². The van der Waals surface area contributed by atoms with Gasteiger partial charge in [-0.15, -0.1) is 0 Å². The number of hydrogen-bond donors (Lipinski definition) is 0. The minimum atomic E-state index is -0.228. The van der Waals surface area contributed by atoms with Crippen molar-refractivity contribution in [3.63, 3.8) is 0 Å². The minimum absolute atomic E-state index is 0.228. The number of methoxy groups -OCH3 is 2. The van der Waals surface area contributed by atoms with Crippen LogP contribution in [0, 0.1) is 0 Å². The summed E-state index contributed by atoms with van der Waals surface area (Å²) in [6, 6.07) is 19.7. The van der Waals surface area contributed by atoms with Gasteiger partial charge in [0.25, 0.3) is 0 Å². The Kier molecular flexibility index (Phi) is 6.55. The fourth-order valence-electron chi connectivity index (χ4n) is 3.31. The Morgan fingerprint density at radius 2 is 1.70 bits per heavy atom. The monoisotopic (exact) mass is 441 g/mol. The molecule has 0 amide bonds. The normalized spacial score (nSPS) is 11.7. The maximum Gasteiger partial charge on any atom is 0.231 e. The lowest BCUT2D eigenvalue weighted by Gasteiger charge is -2.09. The number of oxazole rings is 1. The molecule has 0 radical (unpaired) electrons. The van der Waals surface area contributed by atoms with Crippen LogP contribution >= 0.6 is 0 Å². The molecular formula is C27H23NO5. The zero-order chi connectivity index (χ0) is 23.2. The summed E-state index contributed by atoms with van der Waals surface area (Å²) in [7, 11) is 3.14. The number of ether oxygens (including phenoxy) is 3. The lowest BCUT2D eigenvalue weighted by molar-refractivity contribution is 0.105. The third-order valence-electron chi connectivity index (χ3n) is 4.94. The van der Waals surface area contributed by atoms with Crippen LogP contribution in [-0.4, -0.2) is 25.0 Å². The molecule has 0 atom stereocenters. The number of rotatable bonds is 8. The van der Waals surface area contributed by atoms with Gasteiger partial charge >= 0.3 is 0 Å². The number of nitrogens with zero attached hydrogens (tertiary/aromatic N) is 1. The van der Waals surface area contributed by atoms with Gasteiger partial charge in [0.1, 0.15) is 11.3 Å². The largest absolute Gasteiger partial charge is 0.493 e. The molecule has 0 saturated heterocycles. The van der Waals surface area contributed by atoms with Crippen molar-refractivity contribution in [3.8, 4) is 17.2 Å². The second kappa shape index (κ2) is 9.87. The third kappa shape index (κ3) is 4.80. The Labute approximate surface area is 191 Å². The van der Waals surface area contributed by atoms with Crippen molar-refractivity contribution in [1.82, 2.24) is 4.98 Å². The van der Waals surface area contributed by atoms with Gasteiger partial charge in [-0.3, -0.25) is 4.79 Å². The number of carbonyl (C=O) groups excluding carboxylic acids is 1. The van der Waals surface area contributed by atoms with Crippen molar-refractivity contribution >= 4 is 28.5 Å². The van der Waals surface area contributed by atoms with Crippen LogP contribution in [0.25, 0.3) is 22.7 Å². The average molecular weight is 441 g/mol. The number of ketones is 1. The quantitative estimate of drug-likeness (QED) is 0.185. The van der Waals surface area contributed by atoms with Crippen LogP contribution in [-0.2, 0) is 0 Å². The van der Waals surface area contributed by atoms with E-state index in [1.807, 2.05) is 37.3 Å². The standard InChI is InChI=1S/C27H23NO5/c1-4-15-32-20-12-10-19(11-13-20)26(29)21(27-28-22-7-5-6-8-23(22)33-27)16-18-9-14-24(30-2)25(17-18)31-3/h4-17H,1-3H3/b15-4+,21-16-. The topological polar surface area (TPSA) is 70.8 Å². The number of Topliss-reactive ketones (excluding diaryl/α,β-unsaturated/α-hetero) is 1. The van der Waals surface area contributed by atoms with E-state index < -0.39 is 0 Å². The molecule has 0 bridgehead atoms.